The van der Waals surface area contributed by atoms with Crippen molar-refractivity contribution < 1.29 is 33.4 Å². The van der Waals surface area contributed by atoms with E-state index in [0.717, 1.165) is 45.5 Å². The molecule has 2 fully saturated rings. The molecule has 3 aliphatic rings. The monoisotopic (exact) mass is 746 g/mol. The Labute approximate surface area is 314 Å². The van der Waals surface area contributed by atoms with Crippen LogP contribution in [-0.4, -0.2) is 92.5 Å². The van der Waals surface area contributed by atoms with Crippen LogP contribution in [0, 0.1) is 0 Å². The van der Waals surface area contributed by atoms with Gasteiger partial charge in [0.15, 0.2) is 0 Å². The summed E-state index contributed by atoms with van der Waals surface area (Å²) in [4.78, 5) is 70.4. The molecule has 2 aromatic carbocycles. The Morgan fingerprint density at radius 1 is 0.855 bits per heavy atom. The molecule has 55 heavy (non-hydrogen) atoms. The van der Waals surface area contributed by atoms with E-state index in [1.54, 1.807) is 56.7 Å². The van der Waals surface area contributed by atoms with E-state index in [-0.39, 0.29) is 42.2 Å². The van der Waals surface area contributed by atoms with Crippen molar-refractivity contribution >= 4 is 40.1 Å². The number of anilines is 1. The lowest BCUT2D eigenvalue weighted by Gasteiger charge is -2.33. The molecule has 16 nitrogen and oxygen atoms in total. The predicted molar refractivity (Wildman–Crippen MR) is 198 cm³/mol. The van der Waals surface area contributed by atoms with Gasteiger partial charge in [0.05, 0.1) is 61.7 Å². The first-order valence-electron chi connectivity index (χ1n) is 17.9. The number of hydrogen-bond acceptors (Lipinski definition) is 12. The second kappa shape index (κ2) is 14.4. The van der Waals surface area contributed by atoms with Gasteiger partial charge in [-0.3, -0.25) is 39.2 Å². The molecule has 3 aromatic heterocycles. The molecule has 1 N–H and O–H groups in total. The molecular formula is C39H38N8O8. The molecule has 1 unspecified atom stereocenters. The van der Waals surface area contributed by atoms with Gasteiger partial charge in [0, 0.05) is 56.4 Å². The summed E-state index contributed by atoms with van der Waals surface area (Å²) in [7, 11) is 4.90. The molecule has 1 atom stereocenters. The molecule has 3 aliphatic heterocycles. The summed E-state index contributed by atoms with van der Waals surface area (Å²) in [5.41, 5.74) is 4.30. The summed E-state index contributed by atoms with van der Waals surface area (Å²) in [6.07, 6.45) is 8.51. The number of fused-ring (bicyclic) bond motifs is 2. The standard InChI is InChI=1S/C39H38N8O8/c1-44-19-30(26-8-11-40-17-29(26)37(44)50)22-14-33(53-2)31(34(15-22)54-3)20-46-18-23(42-43-46)21-55-25-9-12-45(13-10-25)24-4-5-27-28(16-24)39(52)47(38(27)51)32-6-7-35(48)41-36(32)49/h4-5,8,11,14-19,25,32H,6-7,9-10,12-13,20-21H2,1-3H3,(H,41,48,49). The number of carbonyl (C=O) groups excluding carboxylic acids is 4. The Kier molecular flexibility index (Phi) is 9.34. The zero-order valence-corrected chi connectivity index (χ0v) is 30.5. The van der Waals surface area contributed by atoms with Gasteiger partial charge in [0.2, 0.25) is 11.8 Å². The quantitative estimate of drug-likeness (QED) is 0.207. The van der Waals surface area contributed by atoms with E-state index >= 15 is 0 Å². The number of aromatic nitrogens is 5. The highest BCUT2D eigenvalue weighted by Gasteiger charge is 2.44. The van der Waals surface area contributed by atoms with Crippen molar-refractivity contribution in [1.29, 1.82) is 0 Å². The Morgan fingerprint density at radius 2 is 1.60 bits per heavy atom. The summed E-state index contributed by atoms with van der Waals surface area (Å²) in [5.74, 6) is -0.898. The number of pyridine rings is 2. The Balaban J connectivity index is 0.894. The second-order valence-corrected chi connectivity index (χ2v) is 13.8. The van der Waals surface area contributed by atoms with E-state index in [9.17, 15) is 24.0 Å². The van der Waals surface area contributed by atoms with Crippen molar-refractivity contribution in [2.75, 3.05) is 32.2 Å². The SMILES string of the molecule is COc1cc(-c2cn(C)c(=O)c3cnccc23)cc(OC)c1Cn1cc(COC2CCN(c3ccc4c(c3)C(=O)N(C3CCC(=O)NC3=O)C4=O)CC2)nn1. The third-order valence-corrected chi connectivity index (χ3v) is 10.5. The Bertz CT molecular complexity index is 2410. The normalized spacial score (nSPS) is 17.5. The van der Waals surface area contributed by atoms with E-state index in [1.807, 2.05) is 30.5 Å². The van der Waals surface area contributed by atoms with Crippen LogP contribution in [0.5, 0.6) is 11.5 Å². The molecule has 16 heteroatoms. The van der Waals surface area contributed by atoms with Crippen molar-refractivity contribution in [3.8, 4) is 22.6 Å². The average molecular weight is 747 g/mol. The van der Waals surface area contributed by atoms with Crippen LogP contribution in [0.1, 0.15) is 57.7 Å². The minimum Gasteiger partial charge on any atom is -0.496 e. The van der Waals surface area contributed by atoms with E-state index in [1.165, 1.54) is 4.57 Å². The maximum absolute atomic E-state index is 13.3. The fourth-order valence-corrected chi connectivity index (χ4v) is 7.62. The van der Waals surface area contributed by atoms with Gasteiger partial charge in [-0.05, 0) is 66.6 Å². The molecule has 0 spiro atoms. The minimum absolute atomic E-state index is 0.0147. The molecule has 8 rings (SSSR count). The van der Waals surface area contributed by atoms with Gasteiger partial charge in [-0.15, -0.1) is 5.10 Å². The number of aryl methyl sites for hydroxylation is 1. The molecule has 0 saturated carbocycles. The van der Waals surface area contributed by atoms with Crippen LogP contribution < -0.4 is 25.2 Å². The molecule has 4 amide bonds. The van der Waals surface area contributed by atoms with E-state index < -0.39 is 29.7 Å². The molecule has 6 heterocycles. The van der Waals surface area contributed by atoms with Crippen LogP contribution in [0.4, 0.5) is 5.69 Å². The zero-order valence-electron chi connectivity index (χ0n) is 30.5. The first-order valence-corrected chi connectivity index (χ1v) is 17.9. The number of rotatable bonds is 10. The maximum atomic E-state index is 13.3. The van der Waals surface area contributed by atoms with Crippen molar-refractivity contribution in [1.82, 2.24) is 34.8 Å². The first kappa shape index (κ1) is 35.6. The van der Waals surface area contributed by atoms with Gasteiger partial charge in [-0.25, -0.2) is 4.68 Å². The molecule has 2 saturated heterocycles. The average Bonchev–Trinajstić information content (AvgIpc) is 3.75. The maximum Gasteiger partial charge on any atom is 0.262 e. The molecule has 5 aromatic rings. The number of nitrogens with one attached hydrogen (secondary N) is 1. The highest BCUT2D eigenvalue weighted by Crippen LogP contribution is 2.38. The van der Waals surface area contributed by atoms with Gasteiger partial charge in [-0.2, -0.15) is 0 Å². The highest BCUT2D eigenvalue weighted by molar-refractivity contribution is 6.23. The van der Waals surface area contributed by atoms with E-state index in [2.05, 4.69) is 25.5 Å². The van der Waals surface area contributed by atoms with E-state index in [0.29, 0.717) is 42.2 Å². The number of piperidine rings is 2. The lowest BCUT2D eigenvalue weighted by atomic mass is 9.99. The number of hydrogen-bond donors (Lipinski definition) is 1. The summed E-state index contributed by atoms with van der Waals surface area (Å²) in [5, 5.41) is 12.2. The van der Waals surface area contributed by atoms with Crippen molar-refractivity contribution in [3.05, 3.63) is 93.9 Å². The van der Waals surface area contributed by atoms with Crippen molar-refractivity contribution in [3.63, 3.8) is 0 Å². The largest absolute Gasteiger partial charge is 0.496 e. The molecule has 282 valence electrons. The number of nitrogens with zero attached hydrogens (tertiary/aromatic N) is 7. The van der Waals surface area contributed by atoms with Crippen LogP contribution in [0.3, 0.4) is 0 Å². The summed E-state index contributed by atoms with van der Waals surface area (Å²) < 4.78 is 21.1. The smallest absolute Gasteiger partial charge is 0.262 e. The number of carbonyl (C=O) groups is 4. The first-order chi connectivity index (χ1) is 26.6. The van der Waals surface area contributed by atoms with Crippen LogP contribution in [-0.2, 0) is 34.5 Å². The molecular weight excluding hydrogens is 708 g/mol. The number of imide groups is 2. The highest BCUT2D eigenvalue weighted by atomic mass is 16.5. The summed E-state index contributed by atoms with van der Waals surface area (Å²) >= 11 is 0. The summed E-state index contributed by atoms with van der Waals surface area (Å²) in [6.45, 7) is 1.96. The van der Waals surface area contributed by atoms with Crippen molar-refractivity contribution in [2.24, 2.45) is 7.05 Å². The molecule has 0 radical (unpaired) electrons. The molecule has 0 aliphatic carbocycles. The fraction of sp³-hybridized carbons (Fsp3) is 0.333. The van der Waals surface area contributed by atoms with Gasteiger partial charge in [0.1, 0.15) is 23.2 Å². The predicted octanol–water partition coefficient (Wildman–Crippen LogP) is 2.84. The number of amides is 4. The van der Waals surface area contributed by atoms with Gasteiger partial charge in [-0.1, -0.05) is 5.21 Å². The third-order valence-electron chi connectivity index (χ3n) is 10.5. The lowest BCUT2D eigenvalue weighted by Crippen LogP contribution is -2.54. The van der Waals surface area contributed by atoms with Gasteiger partial charge >= 0.3 is 0 Å². The Hall–Kier alpha value is -6.42. The third kappa shape index (κ3) is 6.58. The topological polar surface area (TPSA) is 180 Å². The molecule has 0 bridgehead atoms. The lowest BCUT2D eigenvalue weighted by molar-refractivity contribution is -0.136. The van der Waals surface area contributed by atoms with Crippen LogP contribution in [0.15, 0.2) is 66.0 Å². The van der Waals surface area contributed by atoms with Crippen LogP contribution >= 0.6 is 0 Å². The van der Waals surface area contributed by atoms with Gasteiger partial charge < -0.3 is 23.7 Å². The zero-order chi connectivity index (χ0) is 38.4. The second-order valence-electron chi connectivity index (χ2n) is 13.8. The number of ether oxygens (including phenoxy) is 3. The fourth-order valence-electron chi connectivity index (χ4n) is 7.62. The van der Waals surface area contributed by atoms with Crippen molar-refractivity contribution in [2.45, 2.75) is 51.0 Å². The summed E-state index contributed by atoms with van der Waals surface area (Å²) in [6, 6.07) is 9.82. The Morgan fingerprint density at radius 3 is 2.33 bits per heavy atom. The van der Waals surface area contributed by atoms with Crippen LogP contribution in [0.2, 0.25) is 0 Å². The van der Waals surface area contributed by atoms with Crippen LogP contribution in [0.25, 0.3) is 21.9 Å². The van der Waals surface area contributed by atoms with Gasteiger partial charge in [0.25, 0.3) is 17.4 Å². The van der Waals surface area contributed by atoms with E-state index in [4.69, 9.17) is 14.2 Å². The number of methoxy groups -OCH3 is 2. The minimum atomic E-state index is -1.00. The number of benzene rings is 2.